The lowest BCUT2D eigenvalue weighted by atomic mass is 10.2. The number of nitrogens with two attached hydrogens (primary N) is 1. The van der Waals surface area contributed by atoms with Crippen molar-refractivity contribution in [3.05, 3.63) is 29.1 Å². The van der Waals surface area contributed by atoms with Crippen LogP contribution in [0.3, 0.4) is 0 Å². The molecule has 0 spiro atoms. The monoisotopic (exact) mass is 202 g/mol. The highest BCUT2D eigenvalue weighted by molar-refractivity contribution is 5.55. The largest absolute Gasteiger partial charge is 0.395 e. The molecule has 0 heterocycles. The molecular formula is C9H9F3N2. The van der Waals surface area contributed by atoms with Crippen molar-refractivity contribution < 1.29 is 13.2 Å². The van der Waals surface area contributed by atoms with Crippen molar-refractivity contribution in [2.24, 2.45) is 0 Å². The molecule has 1 aromatic carbocycles. The molecule has 2 N–H and O–H groups in total. The average molecular weight is 202 g/mol. The summed E-state index contributed by atoms with van der Waals surface area (Å²) in [6.45, 7) is 4.00. The minimum Gasteiger partial charge on any atom is -0.395 e. The zero-order chi connectivity index (χ0) is 11.3. The minimum absolute atomic E-state index is 0.297. The molecule has 0 aliphatic rings. The van der Waals surface area contributed by atoms with E-state index in [1.165, 1.54) is 6.07 Å². The van der Waals surface area contributed by atoms with Crippen LogP contribution in [0.1, 0.15) is 19.4 Å². The third kappa shape index (κ3) is 2.16. The van der Waals surface area contributed by atoms with Gasteiger partial charge in [0.25, 0.3) is 0 Å². The van der Waals surface area contributed by atoms with E-state index in [-0.39, 0.29) is 0 Å². The molecule has 0 atom stereocenters. The lowest BCUT2D eigenvalue weighted by molar-refractivity contribution is 0.494. The van der Waals surface area contributed by atoms with Crippen LogP contribution in [0, 0.1) is 28.8 Å². The van der Waals surface area contributed by atoms with Crippen molar-refractivity contribution in [1.29, 1.82) is 5.26 Å². The van der Waals surface area contributed by atoms with Gasteiger partial charge in [0.05, 0.1) is 5.69 Å². The smallest absolute Gasteiger partial charge is 0.178 e. The Balaban J connectivity index is 0.000000791. The summed E-state index contributed by atoms with van der Waals surface area (Å²) in [5, 5.41) is 8.24. The summed E-state index contributed by atoms with van der Waals surface area (Å²) in [5.74, 6) is -3.97. The fourth-order valence-electron chi connectivity index (χ4n) is 0.719. The summed E-state index contributed by atoms with van der Waals surface area (Å²) < 4.78 is 37.5. The van der Waals surface area contributed by atoms with E-state index in [4.69, 9.17) is 11.0 Å². The molecule has 5 heteroatoms. The number of hydrogen-bond acceptors (Lipinski definition) is 2. The van der Waals surface area contributed by atoms with Crippen LogP contribution in [-0.4, -0.2) is 0 Å². The third-order valence-corrected chi connectivity index (χ3v) is 1.32. The number of hydrogen-bond donors (Lipinski definition) is 1. The van der Waals surface area contributed by atoms with Gasteiger partial charge in [-0.2, -0.15) is 5.26 Å². The van der Waals surface area contributed by atoms with E-state index in [1.54, 1.807) is 0 Å². The summed E-state index contributed by atoms with van der Waals surface area (Å²) in [6, 6.07) is 1.56. The van der Waals surface area contributed by atoms with Crippen LogP contribution < -0.4 is 5.73 Å². The summed E-state index contributed by atoms with van der Waals surface area (Å²) in [7, 11) is 0. The van der Waals surface area contributed by atoms with Crippen molar-refractivity contribution >= 4 is 5.69 Å². The van der Waals surface area contributed by atoms with Gasteiger partial charge in [-0.05, 0) is 0 Å². The molecule has 0 amide bonds. The lowest BCUT2D eigenvalue weighted by Gasteiger charge is -2.00. The number of nitrogens with zero attached hydrogens (tertiary/aromatic N) is 1. The summed E-state index contributed by atoms with van der Waals surface area (Å²) in [4.78, 5) is 0. The summed E-state index contributed by atoms with van der Waals surface area (Å²) in [5.41, 5.74) is 3.49. The normalized spacial score (nSPS) is 8.57. The van der Waals surface area contributed by atoms with Crippen molar-refractivity contribution in [1.82, 2.24) is 0 Å². The predicted octanol–water partition coefficient (Wildman–Crippen LogP) is 2.58. The third-order valence-electron chi connectivity index (χ3n) is 1.32. The topological polar surface area (TPSA) is 49.8 Å². The number of rotatable bonds is 0. The van der Waals surface area contributed by atoms with Crippen LogP contribution in [0.15, 0.2) is 6.07 Å². The minimum atomic E-state index is -1.42. The number of benzene rings is 1. The predicted molar refractivity (Wildman–Crippen MR) is 46.8 cm³/mol. The Labute approximate surface area is 79.8 Å². The van der Waals surface area contributed by atoms with Gasteiger partial charge >= 0.3 is 0 Å². The van der Waals surface area contributed by atoms with Gasteiger partial charge in [-0.15, -0.1) is 0 Å². The highest BCUT2D eigenvalue weighted by Crippen LogP contribution is 2.21. The van der Waals surface area contributed by atoms with Crippen LogP contribution >= 0.6 is 0 Å². The number of nitriles is 1. The van der Waals surface area contributed by atoms with Gasteiger partial charge in [0.1, 0.15) is 11.6 Å². The van der Waals surface area contributed by atoms with E-state index < -0.39 is 28.7 Å². The van der Waals surface area contributed by atoms with Gasteiger partial charge in [-0.1, -0.05) is 13.8 Å². The van der Waals surface area contributed by atoms with E-state index in [2.05, 4.69) is 0 Å². The van der Waals surface area contributed by atoms with E-state index in [1.807, 2.05) is 13.8 Å². The maximum atomic E-state index is 12.6. The second-order valence-electron chi connectivity index (χ2n) is 2.05. The van der Waals surface area contributed by atoms with Gasteiger partial charge in [0, 0.05) is 6.07 Å². The van der Waals surface area contributed by atoms with E-state index in [9.17, 15) is 13.2 Å². The van der Waals surface area contributed by atoms with Gasteiger partial charge in [-0.25, -0.2) is 13.2 Å². The summed E-state index contributed by atoms with van der Waals surface area (Å²) in [6.07, 6.45) is 0. The molecule has 0 aliphatic heterocycles. The Hall–Kier alpha value is -1.70. The van der Waals surface area contributed by atoms with Crippen molar-refractivity contribution in [3.8, 4) is 6.07 Å². The van der Waals surface area contributed by atoms with E-state index >= 15 is 0 Å². The Kier molecular flexibility index (Phi) is 4.50. The first-order valence-electron chi connectivity index (χ1n) is 3.91. The second kappa shape index (κ2) is 5.12. The second-order valence-corrected chi connectivity index (χ2v) is 2.05. The molecule has 76 valence electrons. The van der Waals surface area contributed by atoms with Crippen molar-refractivity contribution in [3.63, 3.8) is 0 Å². The first-order valence-corrected chi connectivity index (χ1v) is 3.91. The molecule has 0 bridgehead atoms. The zero-order valence-corrected chi connectivity index (χ0v) is 7.74. The lowest BCUT2D eigenvalue weighted by Crippen LogP contribution is -2.00. The van der Waals surface area contributed by atoms with Crippen LogP contribution in [0.2, 0.25) is 0 Å². The molecule has 14 heavy (non-hydrogen) atoms. The highest BCUT2D eigenvalue weighted by Gasteiger charge is 2.15. The molecule has 0 saturated heterocycles. The van der Waals surface area contributed by atoms with Crippen LogP contribution in [0.4, 0.5) is 18.9 Å². The standard InChI is InChI=1S/C7H3F3N2.C2H6/c8-4-1-5(9)7(12)3(2-11)6(4)10;1-2/h1H,12H2;1-2H3. The number of halogens is 3. The zero-order valence-electron chi connectivity index (χ0n) is 7.74. The van der Waals surface area contributed by atoms with Gasteiger partial charge in [0.2, 0.25) is 0 Å². The van der Waals surface area contributed by atoms with Gasteiger partial charge in [0.15, 0.2) is 17.5 Å². The maximum Gasteiger partial charge on any atom is 0.178 e. The van der Waals surface area contributed by atoms with Gasteiger partial charge in [-0.3, -0.25) is 0 Å². The Morgan fingerprint density at radius 2 is 1.71 bits per heavy atom. The molecule has 0 aromatic heterocycles. The van der Waals surface area contributed by atoms with Gasteiger partial charge < -0.3 is 5.73 Å². The van der Waals surface area contributed by atoms with E-state index in [0.717, 1.165) is 0 Å². The Morgan fingerprint density at radius 1 is 1.21 bits per heavy atom. The average Bonchev–Trinajstić information content (AvgIpc) is 2.19. The molecule has 0 saturated carbocycles. The van der Waals surface area contributed by atoms with Crippen LogP contribution in [-0.2, 0) is 0 Å². The molecule has 2 nitrogen and oxygen atoms in total. The Bertz CT molecular complexity index is 343. The first kappa shape index (κ1) is 12.3. The van der Waals surface area contributed by atoms with E-state index in [0.29, 0.717) is 6.07 Å². The SMILES string of the molecule is CC.N#Cc1c(N)c(F)cc(F)c1F. The summed E-state index contributed by atoms with van der Waals surface area (Å²) >= 11 is 0. The van der Waals surface area contributed by atoms with Crippen molar-refractivity contribution in [2.75, 3.05) is 5.73 Å². The maximum absolute atomic E-state index is 12.6. The van der Waals surface area contributed by atoms with Crippen LogP contribution in [0.25, 0.3) is 0 Å². The van der Waals surface area contributed by atoms with Crippen LogP contribution in [0.5, 0.6) is 0 Å². The molecule has 0 radical (unpaired) electrons. The molecule has 1 aromatic rings. The molecule has 0 fully saturated rings. The molecule has 0 unspecified atom stereocenters. The fourth-order valence-corrected chi connectivity index (χ4v) is 0.719. The molecular weight excluding hydrogens is 193 g/mol. The van der Waals surface area contributed by atoms with Crippen molar-refractivity contribution in [2.45, 2.75) is 13.8 Å². The fraction of sp³-hybridized carbons (Fsp3) is 0.222. The first-order chi connectivity index (χ1) is 6.57. The molecule has 1 rings (SSSR count). The number of nitrogen functional groups attached to an aromatic ring is 1. The molecule has 0 aliphatic carbocycles. The Morgan fingerprint density at radius 3 is 2.14 bits per heavy atom. The quantitative estimate of drug-likeness (QED) is 0.519. The highest BCUT2D eigenvalue weighted by atomic mass is 19.2. The number of anilines is 1.